The lowest BCUT2D eigenvalue weighted by Gasteiger charge is -2.32. The summed E-state index contributed by atoms with van der Waals surface area (Å²) in [7, 11) is 1.74. The Morgan fingerprint density at radius 2 is 2.08 bits per heavy atom. The summed E-state index contributed by atoms with van der Waals surface area (Å²) in [4.78, 5) is 6.72. The monoisotopic (exact) mass is 450 g/mol. The molecule has 24 heavy (non-hydrogen) atoms. The van der Waals surface area contributed by atoms with E-state index in [0.29, 0.717) is 12.6 Å². The Morgan fingerprint density at radius 1 is 1.38 bits per heavy atom. The Morgan fingerprint density at radius 3 is 2.67 bits per heavy atom. The highest BCUT2D eigenvalue weighted by Gasteiger charge is 2.19. The van der Waals surface area contributed by atoms with Gasteiger partial charge in [-0.15, -0.1) is 24.0 Å². The highest BCUT2D eigenvalue weighted by molar-refractivity contribution is 14.0. The first kappa shape index (κ1) is 21.0. The number of hydrogen-bond acceptors (Lipinski definition) is 3. The second-order valence-electron chi connectivity index (χ2n) is 5.97. The van der Waals surface area contributed by atoms with E-state index in [9.17, 15) is 9.50 Å². The van der Waals surface area contributed by atoms with Gasteiger partial charge < -0.3 is 20.6 Å². The van der Waals surface area contributed by atoms with Crippen molar-refractivity contribution in [1.82, 2.24) is 15.5 Å². The van der Waals surface area contributed by atoms with Crippen molar-refractivity contribution in [3.8, 4) is 5.75 Å². The van der Waals surface area contributed by atoms with E-state index in [0.717, 1.165) is 37.5 Å². The Kier molecular flexibility index (Phi) is 9.35. The van der Waals surface area contributed by atoms with Crippen LogP contribution in [0.4, 0.5) is 4.39 Å². The third-order valence-corrected chi connectivity index (χ3v) is 4.16. The summed E-state index contributed by atoms with van der Waals surface area (Å²) in [5.41, 5.74) is 0.765. The third-order valence-electron chi connectivity index (χ3n) is 4.16. The Balaban J connectivity index is 0.00000288. The van der Waals surface area contributed by atoms with Gasteiger partial charge in [-0.1, -0.05) is 13.0 Å². The Labute approximate surface area is 160 Å². The number of halogens is 2. The number of phenolic OH excluding ortho intramolecular Hbond substituents is 1. The van der Waals surface area contributed by atoms with Crippen molar-refractivity contribution in [3.63, 3.8) is 0 Å². The number of rotatable bonds is 5. The van der Waals surface area contributed by atoms with Gasteiger partial charge in [0.1, 0.15) is 0 Å². The molecule has 7 heteroatoms. The van der Waals surface area contributed by atoms with Crippen LogP contribution in [0.15, 0.2) is 23.2 Å². The van der Waals surface area contributed by atoms with Crippen LogP contribution in [0.1, 0.15) is 31.7 Å². The molecule has 0 spiro atoms. The fourth-order valence-corrected chi connectivity index (χ4v) is 2.85. The van der Waals surface area contributed by atoms with Crippen molar-refractivity contribution in [2.24, 2.45) is 4.99 Å². The molecule has 0 aromatic heterocycles. The predicted molar refractivity (Wildman–Crippen MR) is 107 cm³/mol. The van der Waals surface area contributed by atoms with Crippen molar-refractivity contribution in [3.05, 3.63) is 29.6 Å². The molecule has 1 aliphatic rings. The minimum atomic E-state index is -0.601. The van der Waals surface area contributed by atoms with E-state index >= 15 is 0 Å². The van der Waals surface area contributed by atoms with Crippen LogP contribution in [0.5, 0.6) is 5.75 Å². The Hall–Kier alpha value is -1.09. The molecule has 1 aromatic carbocycles. The molecule has 2 rings (SSSR count). The molecule has 0 amide bonds. The van der Waals surface area contributed by atoms with Gasteiger partial charge in [-0.05, 0) is 43.5 Å². The normalized spacial score (nSPS) is 16.5. The van der Waals surface area contributed by atoms with Crippen LogP contribution < -0.4 is 10.6 Å². The van der Waals surface area contributed by atoms with Crippen LogP contribution in [-0.2, 0) is 6.54 Å². The van der Waals surface area contributed by atoms with Crippen molar-refractivity contribution >= 4 is 29.9 Å². The van der Waals surface area contributed by atoms with Crippen LogP contribution >= 0.6 is 24.0 Å². The highest BCUT2D eigenvalue weighted by atomic mass is 127. The number of nitrogens with zero attached hydrogens (tertiary/aromatic N) is 2. The smallest absolute Gasteiger partial charge is 0.191 e. The molecular formula is C17H28FIN4O. The first-order valence-electron chi connectivity index (χ1n) is 8.29. The van der Waals surface area contributed by atoms with Crippen LogP contribution in [0.2, 0.25) is 0 Å². The molecule has 0 bridgehead atoms. The van der Waals surface area contributed by atoms with Gasteiger partial charge in [-0.2, -0.15) is 0 Å². The number of nitrogens with one attached hydrogen (secondary N) is 2. The molecule has 1 aromatic rings. The van der Waals surface area contributed by atoms with Crippen LogP contribution in [-0.4, -0.2) is 48.7 Å². The molecule has 1 heterocycles. The van der Waals surface area contributed by atoms with Gasteiger partial charge in [0.25, 0.3) is 0 Å². The molecule has 1 fully saturated rings. The summed E-state index contributed by atoms with van der Waals surface area (Å²) >= 11 is 0. The van der Waals surface area contributed by atoms with Gasteiger partial charge >= 0.3 is 0 Å². The molecule has 0 unspecified atom stereocenters. The van der Waals surface area contributed by atoms with Gasteiger partial charge in [0.2, 0.25) is 0 Å². The first-order chi connectivity index (χ1) is 11.1. The lowest BCUT2D eigenvalue weighted by atomic mass is 10.1. The lowest BCUT2D eigenvalue weighted by Crippen LogP contribution is -2.48. The standard InChI is InChI=1S/C17H27FN4O.HI/c1-3-8-22-9-6-14(7-10-22)21-17(19-2)20-12-13-4-5-16(23)15(18)11-13;/h4-5,11,14,23H,3,6-10,12H2,1-2H3,(H2,19,20,21);1H. The van der Waals surface area contributed by atoms with Crippen molar-refractivity contribution in [1.29, 1.82) is 0 Å². The molecular weight excluding hydrogens is 422 g/mol. The molecule has 0 aliphatic carbocycles. The second kappa shape index (κ2) is 10.7. The highest BCUT2D eigenvalue weighted by Crippen LogP contribution is 2.16. The third kappa shape index (κ3) is 6.43. The number of likely N-dealkylation sites (tertiary alicyclic amines) is 1. The zero-order valence-electron chi connectivity index (χ0n) is 14.4. The number of aromatic hydroxyl groups is 1. The maximum absolute atomic E-state index is 13.3. The van der Waals surface area contributed by atoms with E-state index in [1.165, 1.54) is 25.1 Å². The quantitative estimate of drug-likeness (QED) is 0.367. The largest absolute Gasteiger partial charge is 0.505 e. The number of aliphatic imine (C=N–C) groups is 1. The topological polar surface area (TPSA) is 59.9 Å². The fraction of sp³-hybridized carbons (Fsp3) is 0.588. The summed E-state index contributed by atoms with van der Waals surface area (Å²) < 4.78 is 13.3. The van der Waals surface area contributed by atoms with E-state index in [-0.39, 0.29) is 29.7 Å². The van der Waals surface area contributed by atoms with Crippen LogP contribution in [0.25, 0.3) is 0 Å². The first-order valence-corrected chi connectivity index (χ1v) is 8.29. The van der Waals surface area contributed by atoms with Crippen molar-refractivity contribution in [2.75, 3.05) is 26.7 Å². The maximum Gasteiger partial charge on any atom is 0.191 e. The molecule has 5 nitrogen and oxygen atoms in total. The van der Waals surface area contributed by atoms with E-state index < -0.39 is 5.82 Å². The average molecular weight is 450 g/mol. The van der Waals surface area contributed by atoms with Crippen LogP contribution in [0.3, 0.4) is 0 Å². The zero-order valence-corrected chi connectivity index (χ0v) is 16.7. The minimum Gasteiger partial charge on any atom is -0.505 e. The van der Waals surface area contributed by atoms with E-state index in [4.69, 9.17) is 0 Å². The Bertz CT molecular complexity index is 533. The molecule has 1 saturated heterocycles. The van der Waals surface area contributed by atoms with Crippen molar-refractivity contribution < 1.29 is 9.50 Å². The number of benzene rings is 1. The molecule has 0 radical (unpaired) electrons. The summed E-state index contributed by atoms with van der Waals surface area (Å²) in [5.74, 6) is -0.196. The molecule has 136 valence electrons. The number of phenols is 1. The summed E-state index contributed by atoms with van der Waals surface area (Å²) in [5, 5.41) is 15.8. The molecule has 0 saturated carbocycles. The molecule has 0 atom stereocenters. The zero-order chi connectivity index (χ0) is 16.7. The van der Waals surface area contributed by atoms with E-state index in [1.54, 1.807) is 13.1 Å². The maximum atomic E-state index is 13.3. The van der Waals surface area contributed by atoms with Gasteiger partial charge in [0.15, 0.2) is 17.5 Å². The van der Waals surface area contributed by atoms with E-state index in [1.807, 2.05) is 0 Å². The van der Waals surface area contributed by atoms with Gasteiger partial charge in [0, 0.05) is 32.7 Å². The van der Waals surface area contributed by atoms with Crippen molar-refractivity contribution in [2.45, 2.75) is 38.8 Å². The lowest BCUT2D eigenvalue weighted by molar-refractivity contribution is 0.206. The average Bonchev–Trinajstić information content (AvgIpc) is 2.56. The van der Waals surface area contributed by atoms with Gasteiger partial charge in [-0.3, -0.25) is 4.99 Å². The summed E-state index contributed by atoms with van der Waals surface area (Å²) in [6, 6.07) is 4.82. The summed E-state index contributed by atoms with van der Waals surface area (Å²) in [6.45, 7) is 6.08. The second-order valence-corrected chi connectivity index (χ2v) is 5.97. The SMILES string of the molecule is CCCN1CCC(NC(=NC)NCc2ccc(O)c(F)c2)CC1.I. The van der Waals surface area contributed by atoms with Gasteiger partial charge in [0.05, 0.1) is 0 Å². The fourth-order valence-electron chi connectivity index (χ4n) is 2.85. The number of hydrogen-bond donors (Lipinski definition) is 3. The predicted octanol–water partition coefficient (Wildman–Crippen LogP) is 2.69. The molecule has 1 aliphatic heterocycles. The number of guanidine groups is 1. The van der Waals surface area contributed by atoms with Crippen LogP contribution in [0, 0.1) is 5.82 Å². The summed E-state index contributed by atoms with van der Waals surface area (Å²) in [6.07, 6.45) is 3.41. The minimum absolute atomic E-state index is 0. The van der Waals surface area contributed by atoms with E-state index in [2.05, 4.69) is 27.4 Å². The number of piperidine rings is 1. The molecule has 3 N–H and O–H groups in total. The van der Waals surface area contributed by atoms with Gasteiger partial charge in [-0.25, -0.2) is 4.39 Å².